The minimum atomic E-state index is 0.0332. The summed E-state index contributed by atoms with van der Waals surface area (Å²) < 4.78 is 0. The first kappa shape index (κ1) is 15.1. The van der Waals surface area contributed by atoms with Gasteiger partial charge in [0.05, 0.1) is 16.6 Å². The van der Waals surface area contributed by atoms with Crippen molar-refractivity contribution < 1.29 is 0 Å². The SMILES string of the molecule is Clc1cccc(C(CN=C2NCCN2)c2ccncc2)c1Cl. The summed E-state index contributed by atoms with van der Waals surface area (Å²) in [6, 6.07) is 9.67. The number of halogens is 2. The molecule has 1 aliphatic rings. The van der Waals surface area contributed by atoms with Gasteiger partial charge in [-0.15, -0.1) is 0 Å². The van der Waals surface area contributed by atoms with Gasteiger partial charge in [-0.2, -0.15) is 0 Å². The first-order valence-corrected chi connectivity index (χ1v) is 7.87. The summed E-state index contributed by atoms with van der Waals surface area (Å²) in [5.74, 6) is 0.864. The fraction of sp³-hybridized carbons (Fsp3) is 0.250. The molecule has 4 nitrogen and oxygen atoms in total. The lowest BCUT2D eigenvalue weighted by molar-refractivity contribution is 0.810. The van der Waals surface area contributed by atoms with Crippen LogP contribution >= 0.6 is 23.2 Å². The summed E-state index contributed by atoms with van der Waals surface area (Å²) in [6.45, 7) is 2.38. The smallest absolute Gasteiger partial charge is 0.191 e. The highest BCUT2D eigenvalue weighted by atomic mass is 35.5. The summed E-state index contributed by atoms with van der Waals surface area (Å²) in [4.78, 5) is 8.70. The van der Waals surface area contributed by atoms with Gasteiger partial charge in [0.1, 0.15) is 0 Å². The molecule has 0 amide bonds. The Hall–Kier alpha value is -1.78. The van der Waals surface area contributed by atoms with Gasteiger partial charge in [0.2, 0.25) is 0 Å². The number of guanidine groups is 1. The van der Waals surface area contributed by atoms with Crippen molar-refractivity contribution in [1.82, 2.24) is 15.6 Å². The number of rotatable bonds is 4. The molecule has 1 unspecified atom stereocenters. The highest BCUT2D eigenvalue weighted by Crippen LogP contribution is 2.34. The van der Waals surface area contributed by atoms with E-state index >= 15 is 0 Å². The van der Waals surface area contributed by atoms with Gasteiger partial charge in [-0.05, 0) is 29.3 Å². The summed E-state index contributed by atoms with van der Waals surface area (Å²) in [7, 11) is 0. The zero-order valence-corrected chi connectivity index (χ0v) is 13.4. The molecule has 1 saturated heterocycles. The van der Waals surface area contributed by atoms with E-state index in [0.717, 1.165) is 30.2 Å². The van der Waals surface area contributed by atoms with E-state index in [1.54, 1.807) is 18.5 Å². The molecule has 1 atom stereocenters. The lowest BCUT2D eigenvalue weighted by atomic mass is 9.92. The Morgan fingerprint density at radius 3 is 2.55 bits per heavy atom. The van der Waals surface area contributed by atoms with Gasteiger partial charge in [-0.25, -0.2) is 0 Å². The van der Waals surface area contributed by atoms with Crippen molar-refractivity contribution in [1.29, 1.82) is 0 Å². The van der Waals surface area contributed by atoms with E-state index in [0.29, 0.717) is 16.6 Å². The summed E-state index contributed by atoms with van der Waals surface area (Å²) in [6.07, 6.45) is 3.56. The first-order valence-electron chi connectivity index (χ1n) is 7.11. The molecule has 114 valence electrons. The number of pyridine rings is 1. The molecule has 6 heteroatoms. The Morgan fingerprint density at radius 2 is 1.82 bits per heavy atom. The standard InChI is InChI=1S/C16H16Cl2N4/c17-14-3-1-2-12(15(14)18)13(11-4-6-19-7-5-11)10-22-16-20-8-9-21-16/h1-7,13H,8-10H2,(H2,20,21,22). The maximum absolute atomic E-state index is 6.41. The highest BCUT2D eigenvalue weighted by Gasteiger charge is 2.19. The van der Waals surface area contributed by atoms with Crippen LogP contribution in [-0.2, 0) is 0 Å². The van der Waals surface area contributed by atoms with Crippen molar-refractivity contribution in [3.63, 3.8) is 0 Å². The number of hydrogen-bond acceptors (Lipinski definition) is 2. The number of aliphatic imine (C=N–C) groups is 1. The Balaban J connectivity index is 1.95. The molecule has 1 aromatic carbocycles. The van der Waals surface area contributed by atoms with E-state index in [1.807, 2.05) is 24.3 Å². The zero-order valence-electron chi connectivity index (χ0n) is 11.9. The number of aromatic nitrogens is 1. The van der Waals surface area contributed by atoms with E-state index in [4.69, 9.17) is 23.2 Å². The second-order valence-corrected chi connectivity index (χ2v) is 5.80. The van der Waals surface area contributed by atoms with Gasteiger partial charge in [-0.1, -0.05) is 35.3 Å². The third-order valence-corrected chi connectivity index (χ3v) is 4.44. The Morgan fingerprint density at radius 1 is 1.09 bits per heavy atom. The second kappa shape index (κ2) is 6.99. The molecule has 3 rings (SSSR count). The third-order valence-electron chi connectivity index (χ3n) is 3.61. The van der Waals surface area contributed by atoms with E-state index in [9.17, 15) is 0 Å². The molecule has 0 spiro atoms. The highest BCUT2D eigenvalue weighted by molar-refractivity contribution is 6.42. The number of benzene rings is 1. The van der Waals surface area contributed by atoms with Crippen LogP contribution in [0.4, 0.5) is 0 Å². The van der Waals surface area contributed by atoms with Crippen LogP contribution in [0.25, 0.3) is 0 Å². The second-order valence-electron chi connectivity index (χ2n) is 5.02. The van der Waals surface area contributed by atoms with Crippen LogP contribution in [0.3, 0.4) is 0 Å². The topological polar surface area (TPSA) is 49.3 Å². The molecule has 22 heavy (non-hydrogen) atoms. The minimum Gasteiger partial charge on any atom is -0.355 e. The van der Waals surface area contributed by atoms with Crippen molar-refractivity contribution >= 4 is 29.2 Å². The van der Waals surface area contributed by atoms with Crippen LogP contribution in [0.15, 0.2) is 47.7 Å². The molecule has 1 aromatic heterocycles. The van der Waals surface area contributed by atoms with Crippen molar-refractivity contribution in [3.05, 3.63) is 63.9 Å². The summed E-state index contributed by atoms with van der Waals surface area (Å²) in [5, 5.41) is 7.56. The Labute approximate surface area is 139 Å². The number of nitrogens with zero attached hydrogens (tertiary/aromatic N) is 2. The van der Waals surface area contributed by atoms with Gasteiger partial charge in [-0.3, -0.25) is 9.98 Å². The van der Waals surface area contributed by atoms with E-state index < -0.39 is 0 Å². The van der Waals surface area contributed by atoms with Crippen LogP contribution in [0, 0.1) is 0 Å². The van der Waals surface area contributed by atoms with Crippen LogP contribution in [-0.4, -0.2) is 30.6 Å². The fourth-order valence-electron chi connectivity index (χ4n) is 2.49. The summed E-state index contributed by atoms with van der Waals surface area (Å²) >= 11 is 12.6. The zero-order chi connectivity index (χ0) is 15.4. The molecule has 1 aliphatic heterocycles. The van der Waals surface area contributed by atoms with Gasteiger partial charge < -0.3 is 10.6 Å². The maximum Gasteiger partial charge on any atom is 0.191 e. The predicted molar refractivity (Wildman–Crippen MR) is 90.8 cm³/mol. The van der Waals surface area contributed by atoms with Gasteiger partial charge in [0.25, 0.3) is 0 Å². The monoisotopic (exact) mass is 334 g/mol. The fourth-order valence-corrected chi connectivity index (χ4v) is 2.93. The Bertz CT molecular complexity index is 665. The number of nitrogens with one attached hydrogen (secondary N) is 2. The lowest BCUT2D eigenvalue weighted by Crippen LogP contribution is -2.25. The van der Waals surface area contributed by atoms with Gasteiger partial charge in [0.15, 0.2) is 5.96 Å². The molecule has 1 fully saturated rings. The van der Waals surface area contributed by atoms with Crippen molar-refractivity contribution in [2.24, 2.45) is 4.99 Å². The summed E-state index contributed by atoms with van der Waals surface area (Å²) in [5.41, 5.74) is 2.09. The molecule has 0 bridgehead atoms. The van der Waals surface area contributed by atoms with Crippen molar-refractivity contribution in [2.45, 2.75) is 5.92 Å². The predicted octanol–water partition coefficient (Wildman–Crippen LogP) is 3.07. The average molecular weight is 335 g/mol. The molecular weight excluding hydrogens is 319 g/mol. The van der Waals surface area contributed by atoms with Gasteiger partial charge >= 0.3 is 0 Å². The molecule has 2 aromatic rings. The first-order chi connectivity index (χ1) is 10.8. The molecule has 2 heterocycles. The number of hydrogen-bond donors (Lipinski definition) is 2. The maximum atomic E-state index is 6.41. The van der Waals surface area contributed by atoms with Crippen LogP contribution in [0.5, 0.6) is 0 Å². The third kappa shape index (κ3) is 3.34. The Kier molecular flexibility index (Phi) is 4.80. The largest absolute Gasteiger partial charge is 0.355 e. The van der Waals surface area contributed by atoms with Crippen LogP contribution in [0.2, 0.25) is 10.0 Å². The molecule has 0 aliphatic carbocycles. The van der Waals surface area contributed by atoms with Crippen molar-refractivity contribution in [2.75, 3.05) is 19.6 Å². The molecule has 0 radical (unpaired) electrons. The molecular formula is C16H16Cl2N4. The van der Waals surface area contributed by atoms with Crippen molar-refractivity contribution in [3.8, 4) is 0 Å². The quantitative estimate of drug-likeness (QED) is 0.903. The van der Waals surface area contributed by atoms with Gasteiger partial charge in [0, 0.05) is 31.4 Å². The molecule has 2 N–H and O–H groups in total. The van der Waals surface area contributed by atoms with E-state index in [1.165, 1.54) is 0 Å². The van der Waals surface area contributed by atoms with E-state index in [2.05, 4.69) is 20.6 Å². The lowest BCUT2D eigenvalue weighted by Gasteiger charge is -2.18. The van der Waals surface area contributed by atoms with Crippen LogP contribution in [0.1, 0.15) is 17.0 Å². The normalized spacial score (nSPS) is 15.1. The minimum absolute atomic E-state index is 0.0332. The van der Waals surface area contributed by atoms with E-state index in [-0.39, 0.29) is 5.92 Å². The van der Waals surface area contributed by atoms with Crippen LogP contribution < -0.4 is 10.6 Å². The molecule has 0 saturated carbocycles. The average Bonchev–Trinajstić information content (AvgIpc) is 3.06.